The molecule has 1 aliphatic heterocycles. The Morgan fingerprint density at radius 3 is 3.05 bits per heavy atom. The van der Waals surface area contributed by atoms with Crippen LogP contribution in [0.1, 0.15) is 31.9 Å². The molecule has 1 saturated heterocycles. The first-order chi connectivity index (χ1) is 9.76. The van der Waals surface area contributed by atoms with Crippen LogP contribution in [0, 0.1) is 11.8 Å². The van der Waals surface area contributed by atoms with Gasteiger partial charge in [-0.3, -0.25) is 4.90 Å². The third-order valence-corrected chi connectivity index (χ3v) is 4.64. The minimum Gasteiger partial charge on any atom is -0.393 e. The second-order valence-electron chi connectivity index (χ2n) is 6.20. The molecular formula is C16H25N3O. The monoisotopic (exact) mass is 275 g/mol. The van der Waals surface area contributed by atoms with Crippen molar-refractivity contribution in [2.75, 3.05) is 25.0 Å². The van der Waals surface area contributed by atoms with Crippen LogP contribution < -0.4 is 5.32 Å². The molecule has 2 aliphatic rings. The van der Waals surface area contributed by atoms with E-state index in [1.165, 1.54) is 6.42 Å². The molecular weight excluding hydrogens is 250 g/mol. The molecule has 4 nitrogen and oxygen atoms in total. The van der Waals surface area contributed by atoms with Crippen LogP contribution in [0.3, 0.4) is 0 Å². The Hall–Kier alpha value is -1.13. The van der Waals surface area contributed by atoms with Crippen LogP contribution in [-0.2, 0) is 6.54 Å². The number of nitrogens with one attached hydrogen (secondary N) is 1. The highest BCUT2D eigenvalue weighted by Gasteiger charge is 2.41. The third kappa shape index (κ3) is 2.96. The van der Waals surface area contributed by atoms with Crippen molar-refractivity contribution in [3.8, 4) is 0 Å². The second kappa shape index (κ2) is 6.10. The molecule has 1 aliphatic carbocycles. The molecule has 0 amide bonds. The molecule has 3 atom stereocenters. The van der Waals surface area contributed by atoms with Crippen molar-refractivity contribution < 1.29 is 5.11 Å². The van der Waals surface area contributed by atoms with E-state index in [1.54, 1.807) is 0 Å². The molecule has 2 fully saturated rings. The normalized spacial score (nSPS) is 29.6. The van der Waals surface area contributed by atoms with Gasteiger partial charge in [-0.1, -0.05) is 13.0 Å². The lowest BCUT2D eigenvalue weighted by atomic mass is 10.00. The van der Waals surface area contributed by atoms with Crippen molar-refractivity contribution in [1.82, 2.24) is 9.88 Å². The molecule has 0 bridgehead atoms. The molecule has 110 valence electrons. The van der Waals surface area contributed by atoms with E-state index in [0.29, 0.717) is 11.8 Å². The second-order valence-corrected chi connectivity index (χ2v) is 6.20. The van der Waals surface area contributed by atoms with E-state index >= 15 is 0 Å². The van der Waals surface area contributed by atoms with Crippen LogP contribution in [-0.4, -0.2) is 40.7 Å². The van der Waals surface area contributed by atoms with E-state index in [1.807, 2.05) is 6.07 Å². The van der Waals surface area contributed by atoms with Gasteiger partial charge in [0.15, 0.2) is 0 Å². The van der Waals surface area contributed by atoms with E-state index < -0.39 is 0 Å². The van der Waals surface area contributed by atoms with Gasteiger partial charge in [0.2, 0.25) is 0 Å². The number of aromatic nitrogens is 1. The molecule has 0 aromatic carbocycles. The molecule has 1 aromatic rings. The summed E-state index contributed by atoms with van der Waals surface area (Å²) in [4.78, 5) is 7.12. The van der Waals surface area contributed by atoms with E-state index in [9.17, 15) is 5.11 Å². The van der Waals surface area contributed by atoms with Crippen molar-refractivity contribution in [3.05, 3.63) is 23.9 Å². The maximum absolute atomic E-state index is 9.97. The fraction of sp³-hybridized carbons (Fsp3) is 0.688. The van der Waals surface area contributed by atoms with Crippen molar-refractivity contribution in [2.45, 2.75) is 38.8 Å². The summed E-state index contributed by atoms with van der Waals surface area (Å²) >= 11 is 0. The summed E-state index contributed by atoms with van der Waals surface area (Å²) in [5.74, 6) is 2.17. The molecule has 3 unspecified atom stereocenters. The first-order valence-electron chi connectivity index (χ1n) is 7.86. The van der Waals surface area contributed by atoms with Crippen LogP contribution in [0.5, 0.6) is 0 Å². The molecule has 0 spiro atoms. The number of nitrogens with zero attached hydrogens (tertiary/aromatic N) is 2. The Bertz CT molecular complexity index is 451. The summed E-state index contributed by atoms with van der Waals surface area (Å²) < 4.78 is 0. The van der Waals surface area contributed by atoms with Crippen LogP contribution in [0.25, 0.3) is 0 Å². The largest absolute Gasteiger partial charge is 0.393 e. The Morgan fingerprint density at radius 1 is 1.35 bits per heavy atom. The summed E-state index contributed by atoms with van der Waals surface area (Å²) in [6, 6.07) is 6.20. The molecule has 1 saturated carbocycles. The summed E-state index contributed by atoms with van der Waals surface area (Å²) in [7, 11) is 0. The highest BCUT2D eigenvalue weighted by atomic mass is 16.3. The van der Waals surface area contributed by atoms with Gasteiger partial charge in [-0.05, 0) is 37.3 Å². The summed E-state index contributed by atoms with van der Waals surface area (Å²) in [6.07, 6.45) is 3.22. The van der Waals surface area contributed by atoms with Gasteiger partial charge in [-0.15, -0.1) is 0 Å². The SMILES string of the molecule is CCCNc1cccc(CN2CC3CCC(O)C3C2)n1. The number of aliphatic hydroxyl groups is 1. The smallest absolute Gasteiger partial charge is 0.126 e. The fourth-order valence-electron chi connectivity index (χ4n) is 3.61. The van der Waals surface area contributed by atoms with Gasteiger partial charge in [-0.25, -0.2) is 4.98 Å². The van der Waals surface area contributed by atoms with Crippen molar-refractivity contribution >= 4 is 5.82 Å². The number of anilines is 1. The van der Waals surface area contributed by atoms with Gasteiger partial charge in [0.05, 0.1) is 11.8 Å². The van der Waals surface area contributed by atoms with Gasteiger partial charge < -0.3 is 10.4 Å². The quantitative estimate of drug-likeness (QED) is 0.864. The molecule has 2 heterocycles. The lowest BCUT2D eigenvalue weighted by Gasteiger charge is -2.18. The van der Waals surface area contributed by atoms with Crippen molar-refractivity contribution in [1.29, 1.82) is 0 Å². The van der Waals surface area contributed by atoms with Gasteiger partial charge in [0.25, 0.3) is 0 Å². The predicted octanol–water partition coefficient (Wildman–Crippen LogP) is 2.11. The van der Waals surface area contributed by atoms with Crippen molar-refractivity contribution in [3.63, 3.8) is 0 Å². The van der Waals surface area contributed by atoms with E-state index in [0.717, 1.165) is 50.5 Å². The van der Waals surface area contributed by atoms with Crippen LogP contribution in [0.15, 0.2) is 18.2 Å². The lowest BCUT2D eigenvalue weighted by molar-refractivity contribution is 0.123. The standard InChI is InChI=1S/C16H25N3O/c1-2-8-17-16-5-3-4-13(18-16)10-19-9-12-6-7-15(20)14(12)11-19/h3-5,12,14-15,20H,2,6-11H2,1H3,(H,17,18). The average molecular weight is 275 g/mol. The lowest BCUT2D eigenvalue weighted by Crippen LogP contribution is -2.24. The number of rotatable bonds is 5. The van der Waals surface area contributed by atoms with E-state index in [4.69, 9.17) is 0 Å². The van der Waals surface area contributed by atoms with E-state index in [2.05, 4.69) is 34.3 Å². The van der Waals surface area contributed by atoms with Crippen LogP contribution in [0.4, 0.5) is 5.82 Å². The number of fused-ring (bicyclic) bond motifs is 1. The topological polar surface area (TPSA) is 48.4 Å². The zero-order valence-electron chi connectivity index (χ0n) is 12.3. The first kappa shape index (κ1) is 13.8. The van der Waals surface area contributed by atoms with Gasteiger partial charge in [-0.2, -0.15) is 0 Å². The van der Waals surface area contributed by atoms with Gasteiger partial charge >= 0.3 is 0 Å². The average Bonchev–Trinajstić information content (AvgIpc) is 2.99. The van der Waals surface area contributed by atoms with Gasteiger partial charge in [0.1, 0.15) is 5.82 Å². The Balaban J connectivity index is 1.58. The molecule has 20 heavy (non-hydrogen) atoms. The molecule has 3 rings (SSSR count). The first-order valence-corrected chi connectivity index (χ1v) is 7.86. The predicted molar refractivity (Wildman–Crippen MR) is 80.5 cm³/mol. The van der Waals surface area contributed by atoms with Gasteiger partial charge in [0, 0.05) is 32.1 Å². The Labute approximate surface area is 121 Å². The van der Waals surface area contributed by atoms with Crippen LogP contribution >= 0.6 is 0 Å². The third-order valence-electron chi connectivity index (χ3n) is 4.64. The molecule has 4 heteroatoms. The summed E-state index contributed by atoms with van der Waals surface area (Å²) in [6.45, 7) is 6.18. The number of aliphatic hydroxyl groups excluding tert-OH is 1. The summed E-state index contributed by atoms with van der Waals surface area (Å²) in [5, 5.41) is 13.3. The minimum absolute atomic E-state index is 0.0736. The molecule has 1 aromatic heterocycles. The Kier molecular flexibility index (Phi) is 4.22. The minimum atomic E-state index is -0.0736. The maximum Gasteiger partial charge on any atom is 0.126 e. The van der Waals surface area contributed by atoms with E-state index in [-0.39, 0.29) is 6.10 Å². The van der Waals surface area contributed by atoms with Crippen LogP contribution in [0.2, 0.25) is 0 Å². The Morgan fingerprint density at radius 2 is 2.25 bits per heavy atom. The maximum atomic E-state index is 9.97. The molecule has 2 N–H and O–H groups in total. The van der Waals surface area contributed by atoms with Crippen molar-refractivity contribution in [2.24, 2.45) is 11.8 Å². The number of hydrogen-bond acceptors (Lipinski definition) is 4. The molecule has 0 radical (unpaired) electrons. The fourth-order valence-corrected chi connectivity index (χ4v) is 3.61. The number of likely N-dealkylation sites (tertiary alicyclic amines) is 1. The summed E-state index contributed by atoms with van der Waals surface area (Å²) in [5.41, 5.74) is 1.13. The highest BCUT2D eigenvalue weighted by molar-refractivity contribution is 5.35. The number of pyridine rings is 1. The highest BCUT2D eigenvalue weighted by Crippen LogP contribution is 2.38. The zero-order chi connectivity index (χ0) is 13.9. The number of hydrogen-bond donors (Lipinski definition) is 2. The zero-order valence-corrected chi connectivity index (χ0v) is 12.3.